The summed E-state index contributed by atoms with van der Waals surface area (Å²) < 4.78 is 18.6. The third-order valence-electron chi connectivity index (χ3n) is 3.53. The molecule has 0 fully saturated rings. The molecule has 130 valence electrons. The minimum atomic E-state index is -1.08. The van der Waals surface area contributed by atoms with E-state index in [-0.39, 0.29) is 17.8 Å². The zero-order valence-electron chi connectivity index (χ0n) is 13.9. The van der Waals surface area contributed by atoms with Crippen molar-refractivity contribution < 1.29 is 23.5 Å². The van der Waals surface area contributed by atoms with Gasteiger partial charge in [0, 0.05) is 5.56 Å². The average Bonchev–Trinajstić information content (AvgIpc) is 2.57. The molecule has 1 N–H and O–H groups in total. The van der Waals surface area contributed by atoms with Crippen LogP contribution in [0.5, 0.6) is 0 Å². The second-order valence-electron chi connectivity index (χ2n) is 5.49. The largest absolute Gasteiger partial charge is 0.452 e. The number of ketones is 1. The second-order valence-corrected chi connectivity index (χ2v) is 5.49. The first-order valence-corrected chi connectivity index (χ1v) is 7.72. The van der Waals surface area contributed by atoms with Crippen LogP contribution in [-0.4, -0.2) is 23.8 Å². The van der Waals surface area contributed by atoms with E-state index in [1.807, 2.05) is 0 Å². The molecule has 2 rings (SSSR count). The molecule has 0 aliphatic rings. The van der Waals surface area contributed by atoms with Crippen molar-refractivity contribution in [2.24, 2.45) is 0 Å². The molecular weight excluding hydrogens is 325 g/mol. The second kappa shape index (κ2) is 8.19. The van der Waals surface area contributed by atoms with Gasteiger partial charge in [0.25, 0.3) is 5.91 Å². The highest BCUT2D eigenvalue weighted by molar-refractivity contribution is 6.04. The van der Waals surface area contributed by atoms with Gasteiger partial charge in [0.1, 0.15) is 5.82 Å². The van der Waals surface area contributed by atoms with Gasteiger partial charge in [0.2, 0.25) is 0 Å². The van der Waals surface area contributed by atoms with Crippen molar-refractivity contribution in [2.45, 2.75) is 26.4 Å². The summed E-state index contributed by atoms with van der Waals surface area (Å²) in [5.41, 5.74) is 0.903. The molecule has 0 aromatic heterocycles. The molecular formula is C19H18FNO4. The molecule has 1 atom stereocenters. The van der Waals surface area contributed by atoms with Gasteiger partial charge in [-0.3, -0.25) is 14.4 Å². The van der Waals surface area contributed by atoms with E-state index in [9.17, 15) is 18.8 Å². The Balaban J connectivity index is 1.98. The van der Waals surface area contributed by atoms with Crippen molar-refractivity contribution in [3.63, 3.8) is 0 Å². The summed E-state index contributed by atoms with van der Waals surface area (Å²) in [6.07, 6.45) is -1.35. The average molecular weight is 343 g/mol. The van der Waals surface area contributed by atoms with Gasteiger partial charge in [0.15, 0.2) is 11.9 Å². The summed E-state index contributed by atoms with van der Waals surface area (Å²) in [6, 6.07) is 12.4. The Morgan fingerprint density at radius 3 is 2.40 bits per heavy atom. The molecule has 6 heteroatoms. The third-order valence-corrected chi connectivity index (χ3v) is 3.53. The first kappa shape index (κ1) is 18.3. The van der Waals surface area contributed by atoms with Gasteiger partial charge in [-0.2, -0.15) is 0 Å². The van der Waals surface area contributed by atoms with Gasteiger partial charge in [-0.05, 0) is 37.6 Å². The summed E-state index contributed by atoms with van der Waals surface area (Å²) in [5.74, 6) is -1.99. The number of halogens is 1. The molecule has 0 aliphatic heterocycles. The maximum absolute atomic E-state index is 13.5. The lowest BCUT2D eigenvalue weighted by molar-refractivity contribution is -0.152. The highest BCUT2D eigenvalue weighted by atomic mass is 19.1. The van der Waals surface area contributed by atoms with Gasteiger partial charge >= 0.3 is 5.97 Å². The molecule has 2 aromatic rings. The van der Waals surface area contributed by atoms with Crippen LogP contribution in [0.4, 0.5) is 10.1 Å². The van der Waals surface area contributed by atoms with E-state index in [4.69, 9.17) is 4.74 Å². The van der Waals surface area contributed by atoms with Gasteiger partial charge in [0.05, 0.1) is 12.1 Å². The van der Waals surface area contributed by atoms with Crippen LogP contribution in [0.3, 0.4) is 0 Å². The first-order valence-electron chi connectivity index (χ1n) is 7.72. The first-order chi connectivity index (χ1) is 11.9. The number of benzene rings is 2. The third kappa shape index (κ3) is 4.97. The maximum atomic E-state index is 13.5. The number of esters is 1. The molecule has 0 saturated carbocycles. The van der Waals surface area contributed by atoms with Crippen molar-refractivity contribution >= 4 is 23.3 Å². The number of nitrogens with one attached hydrogen (secondary N) is 1. The van der Waals surface area contributed by atoms with Gasteiger partial charge < -0.3 is 10.1 Å². The van der Waals surface area contributed by atoms with Crippen LogP contribution in [0.15, 0.2) is 48.5 Å². The Bertz CT molecular complexity index is 804. The van der Waals surface area contributed by atoms with Crippen LogP contribution in [0.1, 0.15) is 29.8 Å². The minimum Gasteiger partial charge on any atom is -0.452 e. The number of hydrogen-bond donors (Lipinski definition) is 1. The molecule has 5 nitrogen and oxygen atoms in total. The van der Waals surface area contributed by atoms with Crippen LogP contribution in [0.2, 0.25) is 0 Å². The molecule has 0 unspecified atom stereocenters. The predicted molar refractivity (Wildman–Crippen MR) is 90.7 cm³/mol. The van der Waals surface area contributed by atoms with Crippen molar-refractivity contribution in [1.29, 1.82) is 0 Å². The summed E-state index contributed by atoms with van der Waals surface area (Å²) in [4.78, 5) is 35.6. The highest BCUT2D eigenvalue weighted by Crippen LogP contribution is 2.16. The topological polar surface area (TPSA) is 72.5 Å². The SMILES string of the molecule is CC(=O)c1ccccc1NC(=O)[C@H](C)OC(=O)Cc1ccccc1F. The van der Waals surface area contributed by atoms with Crippen LogP contribution in [0.25, 0.3) is 0 Å². The molecule has 2 aromatic carbocycles. The minimum absolute atomic E-state index is 0.194. The van der Waals surface area contributed by atoms with Crippen LogP contribution < -0.4 is 5.32 Å². The maximum Gasteiger partial charge on any atom is 0.311 e. The smallest absolute Gasteiger partial charge is 0.311 e. The molecule has 0 spiro atoms. The van der Waals surface area contributed by atoms with Crippen LogP contribution in [-0.2, 0) is 20.7 Å². The summed E-state index contributed by atoms with van der Waals surface area (Å²) in [7, 11) is 0. The molecule has 1 amide bonds. The normalized spacial score (nSPS) is 11.5. The zero-order valence-corrected chi connectivity index (χ0v) is 13.9. The van der Waals surface area contributed by atoms with E-state index in [2.05, 4.69) is 5.32 Å². The monoisotopic (exact) mass is 343 g/mol. The number of rotatable bonds is 6. The fraction of sp³-hybridized carbons (Fsp3) is 0.211. The predicted octanol–water partition coefficient (Wildman–Crippen LogP) is 3.14. The molecule has 0 aliphatic carbocycles. The van der Waals surface area contributed by atoms with Crippen molar-refractivity contribution in [3.05, 3.63) is 65.5 Å². The van der Waals surface area contributed by atoms with Crippen molar-refractivity contribution in [1.82, 2.24) is 0 Å². The number of para-hydroxylation sites is 1. The lowest BCUT2D eigenvalue weighted by Gasteiger charge is -2.15. The van der Waals surface area contributed by atoms with Crippen molar-refractivity contribution in [2.75, 3.05) is 5.32 Å². The van der Waals surface area contributed by atoms with Crippen molar-refractivity contribution in [3.8, 4) is 0 Å². The number of amides is 1. The number of anilines is 1. The van der Waals surface area contributed by atoms with E-state index in [1.165, 1.54) is 32.0 Å². The Kier molecular flexibility index (Phi) is 6.00. The van der Waals surface area contributed by atoms with E-state index < -0.39 is 23.8 Å². The summed E-state index contributed by atoms with van der Waals surface area (Å²) >= 11 is 0. The number of carbonyl (C=O) groups excluding carboxylic acids is 3. The van der Waals surface area contributed by atoms with Crippen LogP contribution >= 0.6 is 0 Å². The fourth-order valence-corrected chi connectivity index (χ4v) is 2.22. The Labute approximate surface area is 144 Å². The number of hydrogen-bond acceptors (Lipinski definition) is 4. The number of carbonyl (C=O) groups is 3. The van der Waals surface area contributed by atoms with Gasteiger partial charge in [-0.25, -0.2) is 4.39 Å². The molecule has 0 bridgehead atoms. The molecule has 25 heavy (non-hydrogen) atoms. The summed E-state index contributed by atoms with van der Waals surface area (Å²) in [6.45, 7) is 2.80. The Morgan fingerprint density at radius 1 is 1.08 bits per heavy atom. The lowest BCUT2D eigenvalue weighted by atomic mass is 10.1. The standard InChI is InChI=1S/C19H18FNO4/c1-12(22)15-8-4-6-10-17(15)21-19(24)13(2)25-18(23)11-14-7-3-5-9-16(14)20/h3-10,13H,11H2,1-2H3,(H,21,24)/t13-/m0/s1. The zero-order chi connectivity index (χ0) is 18.4. The van der Waals surface area contributed by atoms with Gasteiger partial charge in [-0.1, -0.05) is 30.3 Å². The van der Waals surface area contributed by atoms with E-state index in [0.717, 1.165) is 0 Å². The molecule has 0 saturated heterocycles. The molecule has 0 radical (unpaired) electrons. The molecule has 0 heterocycles. The summed E-state index contributed by atoms with van der Waals surface area (Å²) in [5, 5.41) is 2.56. The van der Waals surface area contributed by atoms with E-state index >= 15 is 0 Å². The van der Waals surface area contributed by atoms with E-state index in [1.54, 1.807) is 30.3 Å². The Morgan fingerprint density at radius 2 is 1.72 bits per heavy atom. The van der Waals surface area contributed by atoms with E-state index in [0.29, 0.717) is 11.3 Å². The highest BCUT2D eigenvalue weighted by Gasteiger charge is 2.20. The quantitative estimate of drug-likeness (QED) is 0.646. The number of Topliss-reactive ketones (excluding diaryl/α,β-unsaturated/α-hetero) is 1. The fourth-order valence-electron chi connectivity index (χ4n) is 2.22. The lowest BCUT2D eigenvalue weighted by Crippen LogP contribution is -2.31. The Hall–Kier alpha value is -3.02. The van der Waals surface area contributed by atoms with Gasteiger partial charge in [-0.15, -0.1) is 0 Å². The van der Waals surface area contributed by atoms with Crippen LogP contribution in [0, 0.1) is 5.82 Å². The number of ether oxygens (including phenoxy) is 1.